The highest BCUT2D eigenvalue weighted by Gasteiger charge is 2.25. The van der Waals surface area contributed by atoms with Crippen LogP contribution in [0.15, 0.2) is 0 Å². The number of alkyl halides is 1. The van der Waals surface area contributed by atoms with Crippen LogP contribution in [-0.4, -0.2) is 47.9 Å². The fraction of sp³-hybridized carbons (Fsp3) is 0.875. The van der Waals surface area contributed by atoms with Crippen LogP contribution in [0.2, 0.25) is 0 Å². The number of nitrogens with zero attached hydrogens (tertiary/aromatic N) is 2. The molecule has 1 atom stereocenters. The summed E-state index contributed by atoms with van der Waals surface area (Å²) < 4.78 is 0. The topological polar surface area (TPSA) is 23.6 Å². The smallest absolute Gasteiger partial charge is 0.223 e. The number of carbonyl (C=O) groups is 1. The highest BCUT2D eigenvalue weighted by atomic mass is 35.5. The molecule has 0 aromatic rings. The Morgan fingerprint density at radius 1 is 1.58 bits per heavy atom. The van der Waals surface area contributed by atoms with Crippen LogP contribution in [0, 0.1) is 0 Å². The minimum atomic E-state index is -0.142. The average Bonchev–Trinajstić information content (AvgIpc) is 2.03. The molecule has 0 aromatic carbocycles. The Morgan fingerprint density at radius 3 is 2.75 bits per heavy atom. The van der Waals surface area contributed by atoms with E-state index >= 15 is 0 Å². The Morgan fingerprint density at radius 2 is 2.25 bits per heavy atom. The third-order valence-electron chi connectivity index (χ3n) is 2.15. The molecule has 0 aromatic heterocycles. The Hall–Kier alpha value is -0.280. The van der Waals surface area contributed by atoms with Gasteiger partial charge in [-0.15, -0.1) is 0 Å². The highest BCUT2D eigenvalue weighted by molar-refractivity contribution is 6.21. The van der Waals surface area contributed by atoms with E-state index in [0.717, 1.165) is 19.6 Å². The van der Waals surface area contributed by atoms with Gasteiger partial charge in [-0.3, -0.25) is 4.79 Å². The summed E-state index contributed by atoms with van der Waals surface area (Å²) in [6, 6.07) is 0. The molecule has 1 saturated heterocycles. The minimum Gasteiger partial charge on any atom is -0.324 e. The molecule has 0 radical (unpaired) electrons. The summed E-state index contributed by atoms with van der Waals surface area (Å²) in [5.41, 5.74) is -0.142. The van der Waals surface area contributed by atoms with Gasteiger partial charge in [0.05, 0.1) is 0 Å². The van der Waals surface area contributed by atoms with Gasteiger partial charge >= 0.3 is 0 Å². The van der Waals surface area contributed by atoms with Crippen LogP contribution in [0.5, 0.6) is 0 Å². The molecular weight excluding hydrogens is 176 g/mol. The van der Waals surface area contributed by atoms with Gasteiger partial charge in [-0.1, -0.05) is 18.5 Å². The van der Waals surface area contributed by atoms with Crippen molar-refractivity contribution in [3.8, 4) is 0 Å². The molecular formula is C8H15ClN2O. The minimum absolute atomic E-state index is 0.142. The average molecular weight is 191 g/mol. The number of amides is 1. The first-order valence-electron chi connectivity index (χ1n) is 4.27. The summed E-state index contributed by atoms with van der Waals surface area (Å²) in [5.74, 6) is 0.156. The number of hydrogen-bond acceptors (Lipinski definition) is 2. The molecule has 3 nitrogen and oxygen atoms in total. The van der Waals surface area contributed by atoms with E-state index < -0.39 is 0 Å². The molecule has 1 heterocycles. The number of piperazine rings is 1. The third-order valence-corrected chi connectivity index (χ3v) is 2.52. The van der Waals surface area contributed by atoms with Gasteiger partial charge in [-0.25, -0.2) is 0 Å². The molecule has 1 fully saturated rings. The molecule has 0 bridgehead atoms. The lowest BCUT2D eigenvalue weighted by Crippen LogP contribution is -2.51. The van der Waals surface area contributed by atoms with Crippen LogP contribution < -0.4 is 0 Å². The first-order chi connectivity index (χ1) is 5.65. The second kappa shape index (κ2) is 4.10. The SMILES string of the molecule is CCC(=O)N1CCN(C)CC1Cl. The van der Waals surface area contributed by atoms with Gasteiger partial charge in [0, 0.05) is 26.1 Å². The number of likely N-dealkylation sites (N-methyl/N-ethyl adjacent to an activating group) is 1. The van der Waals surface area contributed by atoms with Gasteiger partial charge in [-0.2, -0.15) is 0 Å². The fourth-order valence-electron chi connectivity index (χ4n) is 1.35. The van der Waals surface area contributed by atoms with Gasteiger partial charge in [0.15, 0.2) is 0 Å². The van der Waals surface area contributed by atoms with Gasteiger partial charge in [0.25, 0.3) is 0 Å². The van der Waals surface area contributed by atoms with Crippen LogP contribution in [0.25, 0.3) is 0 Å². The van der Waals surface area contributed by atoms with E-state index in [0.29, 0.717) is 6.42 Å². The van der Waals surface area contributed by atoms with Gasteiger partial charge in [0.2, 0.25) is 5.91 Å². The monoisotopic (exact) mass is 190 g/mol. The van der Waals surface area contributed by atoms with Crippen LogP contribution in [0.3, 0.4) is 0 Å². The zero-order valence-corrected chi connectivity index (χ0v) is 8.34. The van der Waals surface area contributed by atoms with Crippen LogP contribution in [0.4, 0.5) is 0 Å². The molecule has 70 valence electrons. The fourth-order valence-corrected chi connectivity index (χ4v) is 1.79. The van der Waals surface area contributed by atoms with Crippen molar-refractivity contribution in [1.82, 2.24) is 9.80 Å². The van der Waals surface area contributed by atoms with Crippen LogP contribution in [0.1, 0.15) is 13.3 Å². The van der Waals surface area contributed by atoms with Crippen LogP contribution in [-0.2, 0) is 4.79 Å². The van der Waals surface area contributed by atoms with Crippen molar-refractivity contribution in [3.05, 3.63) is 0 Å². The molecule has 0 saturated carbocycles. The van der Waals surface area contributed by atoms with Crippen molar-refractivity contribution in [2.75, 3.05) is 26.7 Å². The quantitative estimate of drug-likeness (QED) is 0.450. The number of rotatable bonds is 1. The highest BCUT2D eigenvalue weighted by Crippen LogP contribution is 2.12. The maximum absolute atomic E-state index is 11.3. The summed E-state index contributed by atoms with van der Waals surface area (Å²) in [6.07, 6.45) is 0.549. The third kappa shape index (κ3) is 2.11. The second-order valence-electron chi connectivity index (χ2n) is 3.14. The zero-order valence-electron chi connectivity index (χ0n) is 7.59. The first-order valence-corrected chi connectivity index (χ1v) is 4.71. The predicted octanol–water partition coefficient (Wildman–Crippen LogP) is 0.735. The number of hydrogen-bond donors (Lipinski definition) is 0. The van der Waals surface area contributed by atoms with Crippen molar-refractivity contribution in [1.29, 1.82) is 0 Å². The Bertz CT molecular complexity index is 174. The van der Waals surface area contributed by atoms with E-state index in [4.69, 9.17) is 11.6 Å². The van der Waals surface area contributed by atoms with Gasteiger partial charge < -0.3 is 9.80 Å². The molecule has 12 heavy (non-hydrogen) atoms. The summed E-state index contributed by atoms with van der Waals surface area (Å²) in [4.78, 5) is 15.2. The maximum Gasteiger partial charge on any atom is 0.223 e. The molecule has 0 spiro atoms. The van der Waals surface area contributed by atoms with Gasteiger partial charge in [-0.05, 0) is 7.05 Å². The summed E-state index contributed by atoms with van der Waals surface area (Å²) >= 11 is 6.01. The van der Waals surface area contributed by atoms with E-state index in [1.54, 1.807) is 4.90 Å². The molecule has 4 heteroatoms. The Labute approximate surface area is 78.3 Å². The number of carbonyl (C=O) groups excluding carboxylic acids is 1. The lowest BCUT2D eigenvalue weighted by atomic mass is 10.3. The second-order valence-corrected chi connectivity index (χ2v) is 3.64. The van der Waals surface area contributed by atoms with Crippen molar-refractivity contribution in [3.63, 3.8) is 0 Å². The number of halogens is 1. The first kappa shape index (κ1) is 9.81. The van der Waals surface area contributed by atoms with E-state index in [1.807, 2.05) is 14.0 Å². The van der Waals surface area contributed by atoms with E-state index in [-0.39, 0.29) is 11.4 Å². The normalized spacial score (nSPS) is 25.9. The predicted molar refractivity (Wildman–Crippen MR) is 49.1 cm³/mol. The van der Waals surface area contributed by atoms with Crippen molar-refractivity contribution in [2.45, 2.75) is 18.8 Å². The van der Waals surface area contributed by atoms with Crippen molar-refractivity contribution >= 4 is 17.5 Å². The molecule has 1 rings (SSSR count). The lowest BCUT2D eigenvalue weighted by Gasteiger charge is -2.36. The molecule has 1 aliphatic heterocycles. The summed E-state index contributed by atoms with van der Waals surface area (Å²) in [5, 5.41) is 0. The van der Waals surface area contributed by atoms with E-state index in [9.17, 15) is 4.79 Å². The lowest BCUT2D eigenvalue weighted by molar-refractivity contribution is -0.133. The maximum atomic E-state index is 11.3. The van der Waals surface area contributed by atoms with E-state index in [2.05, 4.69) is 4.90 Å². The largest absolute Gasteiger partial charge is 0.324 e. The zero-order chi connectivity index (χ0) is 9.14. The molecule has 0 aliphatic carbocycles. The van der Waals surface area contributed by atoms with Gasteiger partial charge in [0.1, 0.15) is 5.50 Å². The molecule has 1 amide bonds. The Kier molecular flexibility index (Phi) is 3.35. The summed E-state index contributed by atoms with van der Waals surface area (Å²) in [7, 11) is 2.02. The Balaban J connectivity index is 2.50. The van der Waals surface area contributed by atoms with Crippen molar-refractivity contribution in [2.24, 2.45) is 0 Å². The van der Waals surface area contributed by atoms with Crippen LogP contribution >= 0.6 is 11.6 Å². The molecule has 0 N–H and O–H groups in total. The van der Waals surface area contributed by atoms with Crippen molar-refractivity contribution < 1.29 is 4.79 Å². The molecule has 1 unspecified atom stereocenters. The summed E-state index contributed by atoms with van der Waals surface area (Å²) in [6.45, 7) is 4.32. The standard InChI is InChI=1S/C8H15ClN2O/c1-3-8(12)11-5-4-10(2)6-7(11)9/h7H,3-6H2,1-2H3. The molecule has 1 aliphatic rings. The van der Waals surface area contributed by atoms with E-state index in [1.165, 1.54) is 0 Å².